The molecule has 0 N–H and O–H groups in total. The minimum absolute atomic E-state index is 0.0360. The lowest BCUT2D eigenvalue weighted by molar-refractivity contribution is -0.142. The Kier molecular flexibility index (Phi) is 5.20. The zero-order valence-corrected chi connectivity index (χ0v) is 13.8. The maximum absolute atomic E-state index is 13.3. The number of benzene rings is 1. The zero-order valence-electron chi connectivity index (χ0n) is 13.8. The lowest BCUT2D eigenvalue weighted by atomic mass is 9.89. The fourth-order valence-corrected chi connectivity index (χ4v) is 3.21. The second-order valence-corrected chi connectivity index (χ2v) is 6.08. The molecule has 0 saturated carbocycles. The Morgan fingerprint density at radius 3 is 2.52 bits per heavy atom. The van der Waals surface area contributed by atoms with Crippen molar-refractivity contribution >= 4 is 11.7 Å². The lowest BCUT2D eigenvalue weighted by Crippen LogP contribution is -2.43. The molecule has 0 unspecified atom stereocenters. The summed E-state index contributed by atoms with van der Waals surface area (Å²) >= 11 is 0. The molecule has 0 bridgehead atoms. The third kappa shape index (κ3) is 3.58. The highest BCUT2D eigenvalue weighted by Crippen LogP contribution is 2.31. The predicted octanol–water partition coefficient (Wildman–Crippen LogP) is 3.01. The minimum atomic E-state index is -0.999. The van der Waals surface area contributed by atoms with Gasteiger partial charge >= 0.3 is 0 Å². The highest BCUT2D eigenvalue weighted by Gasteiger charge is 2.37. The van der Waals surface area contributed by atoms with Gasteiger partial charge in [0.2, 0.25) is 5.91 Å². The molecule has 1 fully saturated rings. The van der Waals surface area contributed by atoms with Crippen LogP contribution in [0.15, 0.2) is 54.7 Å². The van der Waals surface area contributed by atoms with Crippen LogP contribution in [0.25, 0.3) is 0 Å². The molecule has 0 spiro atoms. The number of hydrogen-bond acceptors (Lipinski definition) is 4. The van der Waals surface area contributed by atoms with Crippen molar-refractivity contribution in [3.63, 3.8) is 0 Å². The third-order valence-corrected chi connectivity index (χ3v) is 4.45. The van der Waals surface area contributed by atoms with Gasteiger partial charge in [-0.3, -0.25) is 14.6 Å². The smallest absolute Gasteiger partial charge is 0.223 e. The van der Waals surface area contributed by atoms with Crippen LogP contribution >= 0.6 is 0 Å². The van der Waals surface area contributed by atoms with Crippen molar-refractivity contribution in [1.29, 1.82) is 5.26 Å². The molecule has 2 atom stereocenters. The highest BCUT2D eigenvalue weighted by atomic mass is 16.2. The number of carbonyl (C=O) groups excluding carboxylic acids is 2. The Bertz CT molecular complexity index is 784. The van der Waals surface area contributed by atoms with E-state index in [0.29, 0.717) is 18.7 Å². The number of piperidine rings is 1. The van der Waals surface area contributed by atoms with Gasteiger partial charge in [0.1, 0.15) is 12.0 Å². The molecule has 1 aromatic carbocycles. The van der Waals surface area contributed by atoms with Gasteiger partial charge in [0.15, 0.2) is 5.78 Å². The molecule has 5 nitrogen and oxygen atoms in total. The number of amides is 1. The molecule has 1 aliphatic rings. The summed E-state index contributed by atoms with van der Waals surface area (Å²) in [6.45, 7) is 0.532. The van der Waals surface area contributed by atoms with E-state index >= 15 is 0 Å². The van der Waals surface area contributed by atoms with E-state index in [-0.39, 0.29) is 11.7 Å². The molecular weight excluding hydrogens is 314 g/mol. The monoisotopic (exact) mass is 333 g/mol. The molecule has 0 radical (unpaired) electrons. The van der Waals surface area contributed by atoms with Crippen LogP contribution in [0.2, 0.25) is 0 Å². The van der Waals surface area contributed by atoms with Gasteiger partial charge in [-0.2, -0.15) is 5.26 Å². The highest BCUT2D eigenvalue weighted by molar-refractivity contribution is 5.96. The number of carbonyl (C=O) groups is 2. The number of rotatable bonds is 5. The Labute approximate surface area is 146 Å². The van der Waals surface area contributed by atoms with Gasteiger partial charge in [-0.25, -0.2) is 0 Å². The summed E-state index contributed by atoms with van der Waals surface area (Å²) in [6, 6.07) is 15.7. The van der Waals surface area contributed by atoms with Crippen LogP contribution in [0.1, 0.15) is 42.5 Å². The van der Waals surface area contributed by atoms with Crippen LogP contribution in [0.3, 0.4) is 0 Å². The molecule has 2 heterocycles. The normalized spacial score (nSPS) is 16.8. The quantitative estimate of drug-likeness (QED) is 0.843. The van der Waals surface area contributed by atoms with E-state index in [2.05, 4.69) is 11.1 Å². The van der Waals surface area contributed by atoms with Crippen LogP contribution in [-0.4, -0.2) is 28.1 Å². The average Bonchev–Trinajstić information content (AvgIpc) is 2.66. The molecule has 3 rings (SSSR count). The van der Waals surface area contributed by atoms with E-state index in [4.69, 9.17) is 0 Å². The summed E-state index contributed by atoms with van der Waals surface area (Å²) in [5.41, 5.74) is 1.15. The maximum Gasteiger partial charge on any atom is 0.223 e. The second kappa shape index (κ2) is 7.71. The van der Waals surface area contributed by atoms with Crippen LogP contribution in [0.5, 0.6) is 0 Å². The Morgan fingerprint density at radius 2 is 1.88 bits per heavy atom. The minimum Gasteiger partial charge on any atom is -0.328 e. The SMILES string of the molecule is N#C[C@@H](C(=O)[C@H](c1ccccc1)N1CCCCC1=O)c1ccccn1. The Balaban J connectivity index is 2.00. The predicted molar refractivity (Wildman–Crippen MR) is 92.3 cm³/mol. The van der Waals surface area contributed by atoms with Gasteiger partial charge in [0.05, 0.1) is 11.8 Å². The molecule has 2 aromatic rings. The van der Waals surface area contributed by atoms with Gasteiger partial charge in [-0.1, -0.05) is 36.4 Å². The molecule has 1 aromatic heterocycles. The fraction of sp³-hybridized carbons (Fsp3) is 0.300. The van der Waals surface area contributed by atoms with Crippen LogP contribution < -0.4 is 0 Å². The number of pyridine rings is 1. The summed E-state index contributed by atoms with van der Waals surface area (Å²) in [5, 5.41) is 9.60. The van der Waals surface area contributed by atoms with E-state index in [1.54, 1.807) is 29.3 Å². The van der Waals surface area contributed by atoms with Crippen molar-refractivity contribution in [1.82, 2.24) is 9.88 Å². The number of nitriles is 1. The van der Waals surface area contributed by atoms with Crippen molar-refractivity contribution in [2.24, 2.45) is 0 Å². The Morgan fingerprint density at radius 1 is 1.12 bits per heavy atom. The third-order valence-electron chi connectivity index (χ3n) is 4.45. The number of ketones is 1. The van der Waals surface area contributed by atoms with Crippen molar-refractivity contribution in [2.45, 2.75) is 31.2 Å². The number of likely N-dealkylation sites (tertiary alicyclic amines) is 1. The molecule has 126 valence electrons. The summed E-state index contributed by atoms with van der Waals surface area (Å²) in [6.07, 6.45) is 3.71. The fourth-order valence-electron chi connectivity index (χ4n) is 3.21. The first-order valence-electron chi connectivity index (χ1n) is 8.41. The zero-order chi connectivity index (χ0) is 17.6. The number of aromatic nitrogens is 1. The first-order valence-corrected chi connectivity index (χ1v) is 8.41. The van der Waals surface area contributed by atoms with Crippen LogP contribution in [-0.2, 0) is 9.59 Å². The molecule has 25 heavy (non-hydrogen) atoms. The Hall–Kier alpha value is -3.00. The first kappa shape index (κ1) is 16.8. The number of hydrogen-bond donors (Lipinski definition) is 0. The summed E-state index contributed by atoms with van der Waals surface area (Å²) in [4.78, 5) is 31.5. The van der Waals surface area contributed by atoms with E-state index < -0.39 is 12.0 Å². The lowest BCUT2D eigenvalue weighted by Gasteiger charge is -2.34. The summed E-state index contributed by atoms with van der Waals surface area (Å²) in [7, 11) is 0. The van der Waals surface area contributed by atoms with Gasteiger partial charge in [-0.15, -0.1) is 0 Å². The van der Waals surface area contributed by atoms with Gasteiger partial charge in [0, 0.05) is 19.2 Å². The van der Waals surface area contributed by atoms with Crippen molar-refractivity contribution < 1.29 is 9.59 Å². The van der Waals surface area contributed by atoms with Crippen molar-refractivity contribution in [2.75, 3.05) is 6.54 Å². The van der Waals surface area contributed by atoms with E-state index in [9.17, 15) is 14.9 Å². The number of nitrogens with zero attached hydrogens (tertiary/aromatic N) is 3. The molecular formula is C20H19N3O2. The maximum atomic E-state index is 13.3. The standard InChI is InChI=1S/C20H19N3O2/c21-14-16(17-10-4-6-12-22-17)20(25)19(15-8-2-1-3-9-15)23-13-7-5-11-18(23)24/h1-4,6,8-10,12,16,19H,5,7,11,13H2/t16-,19+/m1/s1. The molecule has 0 aliphatic carbocycles. The van der Waals surface area contributed by atoms with E-state index in [1.807, 2.05) is 30.3 Å². The van der Waals surface area contributed by atoms with E-state index in [0.717, 1.165) is 18.4 Å². The summed E-state index contributed by atoms with van der Waals surface area (Å²) in [5.74, 6) is -1.34. The number of Topliss-reactive ketones (excluding diaryl/α,β-unsaturated/α-hetero) is 1. The second-order valence-electron chi connectivity index (χ2n) is 6.08. The van der Waals surface area contributed by atoms with Crippen molar-refractivity contribution in [3.8, 4) is 6.07 Å². The molecule has 1 aliphatic heterocycles. The van der Waals surface area contributed by atoms with Gasteiger partial charge in [-0.05, 0) is 30.5 Å². The topological polar surface area (TPSA) is 74.1 Å². The average molecular weight is 333 g/mol. The molecule has 5 heteroatoms. The van der Waals surface area contributed by atoms with Gasteiger partial charge in [0.25, 0.3) is 0 Å². The van der Waals surface area contributed by atoms with Gasteiger partial charge < -0.3 is 4.90 Å². The van der Waals surface area contributed by atoms with Crippen LogP contribution in [0.4, 0.5) is 0 Å². The van der Waals surface area contributed by atoms with E-state index in [1.165, 1.54) is 0 Å². The largest absolute Gasteiger partial charge is 0.328 e. The summed E-state index contributed by atoms with van der Waals surface area (Å²) < 4.78 is 0. The first-order chi connectivity index (χ1) is 12.2. The van der Waals surface area contributed by atoms with Crippen molar-refractivity contribution in [3.05, 3.63) is 66.0 Å². The molecule has 1 saturated heterocycles. The van der Waals surface area contributed by atoms with Crippen LogP contribution in [0, 0.1) is 11.3 Å². The molecule has 1 amide bonds.